The van der Waals surface area contributed by atoms with Crippen molar-refractivity contribution in [1.82, 2.24) is 9.78 Å². The standard InChI is InChI=1S/C16H21N3O2/c1-11-5-6-13(15(20)21)7-14(11)17-8-12-9-18-19(10-12)16(2,3)4/h5-7,9-10,17H,8H2,1-4H3,(H,20,21). The number of anilines is 1. The Labute approximate surface area is 124 Å². The maximum Gasteiger partial charge on any atom is 0.335 e. The number of rotatable bonds is 4. The van der Waals surface area contributed by atoms with Crippen molar-refractivity contribution in [3.63, 3.8) is 0 Å². The highest BCUT2D eigenvalue weighted by Crippen LogP contribution is 2.19. The van der Waals surface area contributed by atoms with Crippen molar-refractivity contribution in [3.05, 3.63) is 47.3 Å². The molecule has 2 aromatic rings. The molecule has 5 heteroatoms. The van der Waals surface area contributed by atoms with Gasteiger partial charge in [0.25, 0.3) is 0 Å². The highest BCUT2D eigenvalue weighted by molar-refractivity contribution is 5.89. The molecule has 2 N–H and O–H groups in total. The minimum Gasteiger partial charge on any atom is -0.478 e. The minimum absolute atomic E-state index is 0.0443. The molecule has 2 rings (SSSR count). The van der Waals surface area contributed by atoms with Crippen LogP contribution in [0.5, 0.6) is 0 Å². The van der Waals surface area contributed by atoms with E-state index in [1.807, 2.05) is 30.1 Å². The largest absolute Gasteiger partial charge is 0.478 e. The Bertz CT molecular complexity index is 654. The van der Waals surface area contributed by atoms with Gasteiger partial charge >= 0.3 is 5.97 Å². The Kier molecular flexibility index (Phi) is 4.02. The number of hydrogen-bond acceptors (Lipinski definition) is 3. The fourth-order valence-electron chi connectivity index (χ4n) is 1.96. The molecule has 112 valence electrons. The number of carboxylic acids is 1. The summed E-state index contributed by atoms with van der Waals surface area (Å²) >= 11 is 0. The van der Waals surface area contributed by atoms with Gasteiger partial charge in [0, 0.05) is 24.0 Å². The summed E-state index contributed by atoms with van der Waals surface area (Å²) in [6, 6.07) is 5.08. The van der Waals surface area contributed by atoms with E-state index >= 15 is 0 Å². The molecule has 0 saturated heterocycles. The highest BCUT2D eigenvalue weighted by Gasteiger charge is 2.14. The molecule has 0 saturated carbocycles. The Balaban J connectivity index is 2.11. The van der Waals surface area contributed by atoms with Crippen molar-refractivity contribution in [2.45, 2.75) is 39.8 Å². The van der Waals surface area contributed by atoms with Gasteiger partial charge in [-0.3, -0.25) is 4.68 Å². The first-order valence-electron chi connectivity index (χ1n) is 6.89. The van der Waals surface area contributed by atoms with E-state index in [0.29, 0.717) is 6.54 Å². The Morgan fingerprint density at radius 3 is 2.67 bits per heavy atom. The van der Waals surface area contributed by atoms with E-state index in [1.165, 1.54) is 0 Å². The van der Waals surface area contributed by atoms with Crippen molar-refractivity contribution in [1.29, 1.82) is 0 Å². The molecule has 0 spiro atoms. The van der Waals surface area contributed by atoms with Crippen LogP contribution < -0.4 is 5.32 Å². The zero-order valence-electron chi connectivity index (χ0n) is 12.8. The maximum absolute atomic E-state index is 11.0. The summed E-state index contributed by atoms with van der Waals surface area (Å²) in [6.45, 7) is 8.85. The lowest BCUT2D eigenvalue weighted by atomic mass is 10.1. The molecular formula is C16H21N3O2. The SMILES string of the molecule is Cc1ccc(C(=O)O)cc1NCc1cnn(C(C)(C)C)c1. The fraction of sp³-hybridized carbons (Fsp3) is 0.375. The molecule has 0 atom stereocenters. The number of hydrogen-bond donors (Lipinski definition) is 2. The van der Waals surface area contributed by atoms with E-state index in [4.69, 9.17) is 5.11 Å². The molecule has 0 unspecified atom stereocenters. The second-order valence-electron chi connectivity index (χ2n) is 6.15. The van der Waals surface area contributed by atoms with Crippen LogP contribution in [0, 0.1) is 6.92 Å². The first-order chi connectivity index (χ1) is 9.77. The van der Waals surface area contributed by atoms with Gasteiger partial charge in [0.05, 0.1) is 17.3 Å². The molecule has 0 bridgehead atoms. The summed E-state index contributed by atoms with van der Waals surface area (Å²) in [7, 11) is 0. The van der Waals surface area contributed by atoms with E-state index in [2.05, 4.69) is 31.2 Å². The van der Waals surface area contributed by atoms with Gasteiger partial charge in [-0.1, -0.05) is 6.07 Å². The number of aromatic nitrogens is 2. The number of benzene rings is 1. The molecule has 0 radical (unpaired) electrons. The van der Waals surface area contributed by atoms with Crippen LogP contribution >= 0.6 is 0 Å². The summed E-state index contributed by atoms with van der Waals surface area (Å²) in [4.78, 5) is 11.0. The predicted molar refractivity (Wildman–Crippen MR) is 82.7 cm³/mol. The zero-order chi connectivity index (χ0) is 15.6. The van der Waals surface area contributed by atoms with Crippen molar-refractivity contribution in [2.24, 2.45) is 0 Å². The van der Waals surface area contributed by atoms with Crippen molar-refractivity contribution >= 4 is 11.7 Å². The average Bonchev–Trinajstić information content (AvgIpc) is 2.86. The van der Waals surface area contributed by atoms with Crippen LogP contribution in [0.1, 0.15) is 42.3 Å². The number of nitrogens with zero attached hydrogens (tertiary/aromatic N) is 2. The minimum atomic E-state index is -0.918. The number of aromatic carboxylic acids is 1. The number of aryl methyl sites for hydroxylation is 1. The molecule has 1 aromatic carbocycles. The molecule has 0 aliphatic carbocycles. The van der Waals surface area contributed by atoms with E-state index in [0.717, 1.165) is 16.8 Å². The van der Waals surface area contributed by atoms with Crippen LogP contribution in [0.2, 0.25) is 0 Å². The first kappa shape index (κ1) is 15.1. The molecule has 1 heterocycles. The lowest BCUT2D eigenvalue weighted by molar-refractivity contribution is 0.0697. The lowest BCUT2D eigenvalue weighted by Gasteiger charge is -2.18. The second-order valence-corrected chi connectivity index (χ2v) is 6.15. The lowest BCUT2D eigenvalue weighted by Crippen LogP contribution is -2.22. The summed E-state index contributed by atoms with van der Waals surface area (Å²) in [5.74, 6) is -0.918. The van der Waals surface area contributed by atoms with Crippen molar-refractivity contribution < 1.29 is 9.90 Å². The quantitative estimate of drug-likeness (QED) is 0.905. The van der Waals surface area contributed by atoms with Crippen molar-refractivity contribution in [3.8, 4) is 0 Å². The van der Waals surface area contributed by atoms with Gasteiger partial charge in [0.15, 0.2) is 0 Å². The number of carbonyl (C=O) groups is 1. The molecule has 0 aliphatic rings. The van der Waals surface area contributed by atoms with Crippen LogP contribution in [0.15, 0.2) is 30.6 Å². The Morgan fingerprint density at radius 2 is 2.10 bits per heavy atom. The van der Waals surface area contributed by atoms with Crippen LogP contribution in [-0.4, -0.2) is 20.9 Å². The van der Waals surface area contributed by atoms with Crippen molar-refractivity contribution in [2.75, 3.05) is 5.32 Å². The second kappa shape index (κ2) is 5.60. The number of nitrogens with one attached hydrogen (secondary N) is 1. The van der Waals surface area contributed by atoms with E-state index in [1.54, 1.807) is 12.1 Å². The molecular weight excluding hydrogens is 266 g/mol. The average molecular weight is 287 g/mol. The van der Waals surface area contributed by atoms with Crippen LogP contribution in [0.4, 0.5) is 5.69 Å². The smallest absolute Gasteiger partial charge is 0.335 e. The normalized spacial score (nSPS) is 11.4. The van der Waals surface area contributed by atoms with Gasteiger partial charge in [-0.05, 0) is 45.4 Å². The molecule has 0 fully saturated rings. The summed E-state index contributed by atoms with van der Waals surface area (Å²) in [6.07, 6.45) is 3.83. The van der Waals surface area contributed by atoms with E-state index in [-0.39, 0.29) is 11.1 Å². The third-order valence-electron chi connectivity index (χ3n) is 3.29. The molecule has 5 nitrogen and oxygen atoms in total. The third kappa shape index (κ3) is 3.62. The third-order valence-corrected chi connectivity index (χ3v) is 3.29. The highest BCUT2D eigenvalue weighted by atomic mass is 16.4. The maximum atomic E-state index is 11.0. The fourth-order valence-corrected chi connectivity index (χ4v) is 1.96. The molecule has 21 heavy (non-hydrogen) atoms. The monoisotopic (exact) mass is 287 g/mol. The Morgan fingerprint density at radius 1 is 1.38 bits per heavy atom. The summed E-state index contributed by atoms with van der Waals surface area (Å²) in [5.41, 5.74) is 3.15. The van der Waals surface area contributed by atoms with Gasteiger partial charge in [-0.25, -0.2) is 4.79 Å². The predicted octanol–water partition coefficient (Wildman–Crippen LogP) is 3.26. The van der Waals surface area contributed by atoms with E-state index in [9.17, 15) is 4.79 Å². The number of carboxylic acid groups (broad SMARTS) is 1. The molecule has 0 aliphatic heterocycles. The molecule has 1 aromatic heterocycles. The molecule has 0 amide bonds. The van der Waals surface area contributed by atoms with Gasteiger partial charge in [0.1, 0.15) is 0 Å². The van der Waals surface area contributed by atoms with Gasteiger partial charge in [0.2, 0.25) is 0 Å². The van der Waals surface area contributed by atoms with Gasteiger partial charge < -0.3 is 10.4 Å². The summed E-state index contributed by atoms with van der Waals surface area (Å²) < 4.78 is 1.92. The first-order valence-corrected chi connectivity index (χ1v) is 6.89. The van der Waals surface area contributed by atoms with E-state index < -0.39 is 5.97 Å². The topological polar surface area (TPSA) is 67.2 Å². The van der Waals surface area contributed by atoms with Gasteiger partial charge in [-0.2, -0.15) is 5.10 Å². The van der Waals surface area contributed by atoms with Crippen LogP contribution in [0.25, 0.3) is 0 Å². The van der Waals surface area contributed by atoms with Crippen LogP contribution in [0.3, 0.4) is 0 Å². The summed E-state index contributed by atoms with van der Waals surface area (Å²) in [5, 5.41) is 16.7. The van der Waals surface area contributed by atoms with Gasteiger partial charge in [-0.15, -0.1) is 0 Å². The van der Waals surface area contributed by atoms with Crippen LogP contribution in [-0.2, 0) is 12.1 Å². The zero-order valence-corrected chi connectivity index (χ0v) is 12.8. The Hall–Kier alpha value is -2.30.